The standard InChI is InChI=1S/C14H19F2NO2S/c1-9-6-14(16)12(7-13(9)15)10(2)17-11-4-3-5-20(18,19)8-11/h6-7,10-11,17H,3-5,8H2,1-2H3. The van der Waals surface area contributed by atoms with Gasteiger partial charge in [-0.05, 0) is 44.4 Å². The maximum Gasteiger partial charge on any atom is 0.151 e. The summed E-state index contributed by atoms with van der Waals surface area (Å²) < 4.78 is 50.5. The summed E-state index contributed by atoms with van der Waals surface area (Å²) >= 11 is 0. The lowest BCUT2D eigenvalue weighted by molar-refractivity contribution is 0.426. The van der Waals surface area contributed by atoms with Crippen LogP contribution in [-0.4, -0.2) is 26.0 Å². The maximum atomic E-state index is 13.9. The molecular weight excluding hydrogens is 284 g/mol. The number of halogens is 2. The molecule has 1 saturated heterocycles. The molecule has 2 rings (SSSR count). The molecule has 1 heterocycles. The smallest absolute Gasteiger partial charge is 0.151 e. The van der Waals surface area contributed by atoms with Crippen LogP contribution in [0, 0.1) is 18.6 Å². The van der Waals surface area contributed by atoms with Gasteiger partial charge in [-0.15, -0.1) is 0 Å². The molecule has 0 aliphatic carbocycles. The molecular formula is C14H19F2NO2S. The van der Waals surface area contributed by atoms with E-state index in [4.69, 9.17) is 0 Å². The first kappa shape index (κ1) is 15.4. The highest BCUT2D eigenvalue weighted by Crippen LogP contribution is 2.22. The van der Waals surface area contributed by atoms with E-state index in [1.807, 2.05) is 0 Å². The number of benzene rings is 1. The van der Waals surface area contributed by atoms with E-state index in [9.17, 15) is 17.2 Å². The van der Waals surface area contributed by atoms with Crippen LogP contribution in [0.5, 0.6) is 0 Å². The van der Waals surface area contributed by atoms with Gasteiger partial charge in [-0.3, -0.25) is 0 Å². The topological polar surface area (TPSA) is 46.2 Å². The summed E-state index contributed by atoms with van der Waals surface area (Å²) in [6, 6.07) is 1.72. The van der Waals surface area contributed by atoms with E-state index >= 15 is 0 Å². The zero-order valence-electron chi connectivity index (χ0n) is 11.6. The summed E-state index contributed by atoms with van der Waals surface area (Å²) in [5, 5.41) is 3.09. The van der Waals surface area contributed by atoms with Crippen LogP contribution in [0.2, 0.25) is 0 Å². The number of hydrogen-bond acceptors (Lipinski definition) is 3. The Morgan fingerprint density at radius 1 is 1.30 bits per heavy atom. The zero-order valence-corrected chi connectivity index (χ0v) is 12.4. The summed E-state index contributed by atoms with van der Waals surface area (Å²) in [4.78, 5) is 0. The van der Waals surface area contributed by atoms with Gasteiger partial charge in [0.2, 0.25) is 0 Å². The molecule has 3 nitrogen and oxygen atoms in total. The monoisotopic (exact) mass is 303 g/mol. The van der Waals surface area contributed by atoms with Gasteiger partial charge in [0.15, 0.2) is 9.84 Å². The normalized spacial score (nSPS) is 23.5. The van der Waals surface area contributed by atoms with E-state index in [2.05, 4.69) is 5.32 Å². The van der Waals surface area contributed by atoms with Crippen molar-refractivity contribution >= 4 is 9.84 Å². The zero-order chi connectivity index (χ0) is 14.9. The van der Waals surface area contributed by atoms with E-state index in [-0.39, 0.29) is 28.7 Å². The first-order chi connectivity index (χ1) is 9.28. The van der Waals surface area contributed by atoms with Crippen LogP contribution < -0.4 is 5.32 Å². The van der Waals surface area contributed by atoms with E-state index in [1.165, 1.54) is 19.1 Å². The van der Waals surface area contributed by atoms with Crippen LogP contribution in [0.1, 0.15) is 36.9 Å². The summed E-state index contributed by atoms with van der Waals surface area (Å²) in [5.41, 5.74) is 0.495. The second-order valence-electron chi connectivity index (χ2n) is 5.46. The maximum absolute atomic E-state index is 13.9. The number of sulfone groups is 1. The minimum atomic E-state index is -3.02. The minimum Gasteiger partial charge on any atom is -0.306 e. The van der Waals surface area contributed by atoms with Crippen molar-refractivity contribution in [3.8, 4) is 0 Å². The Morgan fingerprint density at radius 2 is 2.00 bits per heavy atom. The Hall–Kier alpha value is -1.01. The van der Waals surface area contributed by atoms with Gasteiger partial charge in [0.1, 0.15) is 11.6 Å². The van der Waals surface area contributed by atoms with Crippen LogP contribution in [-0.2, 0) is 9.84 Å². The SMILES string of the molecule is Cc1cc(F)c(C(C)NC2CCCS(=O)(=O)C2)cc1F. The van der Waals surface area contributed by atoms with E-state index in [0.29, 0.717) is 6.42 Å². The van der Waals surface area contributed by atoms with Gasteiger partial charge in [0, 0.05) is 17.6 Å². The second-order valence-corrected chi connectivity index (χ2v) is 7.69. The van der Waals surface area contributed by atoms with Gasteiger partial charge in [0.25, 0.3) is 0 Å². The molecule has 1 N–H and O–H groups in total. The highest BCUT2D eigenvalue weighted by molar-refractivity contribution is 7.91. The Morgan fingerprint density at radius 3 is 2.65 bits per heavy atom. The van der Waals surface area contributed by atoms with Crippen LogP contribution in [0.3, 0.4) is 0 Å². The second kappa shape index (κ2) is 5.77. The predicted molar refractivity (Wildman–Crippen MR) is 74.3 cm³/mol. The lowest BCUT2D eigenvalue weighted by atomic mass is 10.0. The Labute approximate surface area is 118 Å². The van der Waals surface area contributed by atoms with Crippen molar-refractivity contribution < 1.29 is 17.2 Å². The fourth-order valence-corrected chi connectivity index (χ4v) is 4.24. The molecule has 1 aliphatic heterocycles. The van der Waals surface area contributed by atoms with Crippen molar-refractivity contribution in [2.24, 2.45) is 0 Å². The number of nitrogens with one attached hydrogen (secondary N) is 1. The molecule has 0 saturated carbocycles. The molecule has 1 aromatic carbocycles. The largest absolute Gasteiger partial charge is 0.306 e. The molecule has 2 unspecified atom stereocenters. The molecule has 0 aromatic heterocycles. The minimum absolute atomic E-state index is 0.0628. The van der Waals surface area contributed by atoms with Crippen LogP contribution in [0.25, 0.3) is 0 Å². The van der Waals surface area contributed by atoms with Gasteiger partial charge < -0.3 is 5.32 Å². The van der Waals surface area contributed by atoms with Gasteiger partial charge in [-0.25, -0.2) is 17.2 Å². The molecule has 0 spiro atoms. The summed E-state index contributed by atoms with van der Waals surface area (Å²) in [7, 11) is -3.02. The van der Waals surface area contributed by atoms with Crippen LogP contribution in [0.15, 0.2) is 12.1 Å². The average molecular weight is 303 g/mol. The molecule has 6 heteroatoms. The van der Waals surface area contributed by atoms with Gasteiger partial charge in [0.05, 0.1) is 11.5 Å². The summed E-state index contributed by atoms with van der Waals surface area (Å²) in [6.07, 6.45) is 1.34. The van der Waals surface area contributed by atoms with E-state index in [1.54, 1.807) is 6.92 Å². The van der Waals surface area contributed by atoms with Crippen molar-refractivity contribution in [3.63, 3.8) is 0 Å². The predicted octanol–water partition coefficient (Wildman–Crippen LogP) is 2.50. The molecule has 112 valence electrons. The molecule has 0 amide bonds. The third kappa shape index (κ3) is 3.55. The third-order valence-electron chi connectivity index (χ3n) is 3.69. The first-order valence-electron chi connectivity index (χ1n) is 6.70. The molecule has 1 fully saturated rings. The van der Waals surface area contributed by atoms with Crippen LogP contribution in [0.4, 0.5) is 8.78 Å². The first-order valence-corrected chi connectivity index (χ1v) is 8.52. The Balaban J connectivity index is 2.12. The fraction of sp³-hybridized carbons (Fsp3) is 0.571. The fourth-order valence-electron chi connectivity index (χ4n) is 2.59. The van der Waals surface area contributed by atoms with Crippen molar-refractivity contribution in [2.45, 2.75) is 38.8 Å². The molecule has 0 radical (unpaired) electrons. The van der Waals surface area contributed by atoms with Crippen molar-refractivity contribution in [2.75, 3.05) is 11.5 Å². The Kier molecular flexibility index (Phi) is 4.44. The quantitative estimate of drug-likeness (QED) is 0.933. The lowest BCUT2D eigenvalue weighted by Gasteiger charge is -2.27. The molecule has 20 heavy (non-hydrogen) atoms. The number of aryl methyl sites for hydroxylation is 1. The Bertz CT molecular complexity index is 601. The van der Waals surface area contributed by atoms with Crippen LogP contribution >= 0.6 is 0 Å². The van der Waals surface area contributed by atoms with Crippen molar-refractivity contribution in [3.05, 3.63) is 34.9 Å². The van der Waals surface area contributed by atoms with E-state index < -0.39 is 27.5 Å². The molecule has 0 bridgehead atoms. The third-order valence-corrected chi connectivity index (χ3v) is 5.51. The molecule has 1 aromatic rings. The molecule has 2 atom stereocenters. The van der Waals surface area contributed by atoms with E-state index in [0.717, 1.165) is 6.42 Å². The summed E-state index contributed by atoms with van der Waals surface area (Å²) in [6.45, 7) is 3.22. The van der Waals surface area contributed by atoms with Gasteiger partial charge >= 0.3 is 0 Å². The van der Waals surface area contributed by atoms with Gasteiger partial charge in [-0.1, -0.05) is 0 Å². The average Bonchev–Trinajstić information content (AvgIpc) is 2.32. The highest BCUT2D eigenvalue weighted by Gasteiger charge is 2.26. The lowest BCUT2D eigenvalue weighted by Crippen LogP contribution is -2.41. The molecule has 1 aliphatic rings. The van der Waals surface area contributed by atoms with Gasteiger partial charge in [-0.2, -0.15) is 0 Å². The van der Waals surface area contributed by atoms with Crippen molar-refractivity contribution in [1.29, 1.82) is 0 Å². The number of hydrogen-bond donors (Lipinski definition) is 1. The van der Waals surface area contributed by atoms with Crippen molar-refractivity contribution in [1.82, 2.24) is 5.32 Å². The highest BCUT2D eigenvalue weighted by atomic mass is 32.2. The summed E-state index contributed by atoms with van der Waals surface area (Å²) in [5.74, 6) is -0.644. The number of rotatable bonds is 3.